The quantitative estimate of drug-likeness (QED) is 0.488. The fraction of sp³-hybridized carbons (Fsp3) is 0.917. The van der Waals surface area contributed by atoms with Crippen LogP contribution < -0.4 is 5.73 Å². The number of esters is 1. The molecular formula is C12H25NO4. The third-order valence-corrected chi connectivity index (χ3v) is 2.34. The van der Waals surface area contributed by atoms with Gasteiger partial charge in [-0.3, -0.25) is 4.79 Å². The highest BCUT2D eigenvalue weighted by Crippen LogP contribution is 2.13. The van der Waals surface area contributed by atoms with Gasteiger partial charge in [0.05, 0.1) is 26.4 Å². The molecule has 0 aliphatic heterocycles. The van der Waals surface area contributed by atoms with Gasteiger partial charge in [-0.05, 0) is 20.3 Å². The molecule has 2 atom stereocenters. The molecule has 0 radical (unpaired) electrons. The maximum atomic E-state index is 11.4. The predicted octanol–water partition coefficient (Wildman–Crippen LogP) is 1.10. The Morgan fingerprint density at radius 1 is 1.35 bits per heavy atom. The van der Waals surface area contributed by atoms with Crippen LogP contribution in [0.15, 0.2) is 0 Å². The number of hydrogen-bond acceptors (Lipinski definition) is 5. The monoisotopic (exact) mass is 247 g/mol. The maximum absolute atomic E-state index is 11.4. The Labute approximate surface area is 104 Å². The minimum Gasteiger partial charge on any atom is -0.468 e. The Hall–Kier alpha value is -0.650. The summed E-state index contributed by atoms with van der Waals surface area (Å²) in [4.78, 5) is 11.4. The maximum Gasteiger partial charge on any atom is 0.325 e. The van der Waals surface area contributed by atoms with Crippen molar-refractivity contribution in [3.8, 4) is 0 Å². The summed E-state index contributed by atoms with van der Waals surface area (Å²) in [7, 11) is 1.33. The first-order chi connectivity index (χ1) is 7.94. The van der Waals surface area contributed by atoms with Crippen LogP contribution >= 0.6 is 0 Å². The molecule has 0 aromatic carbocycles. The predicted molar refractivity (Wildman–Crippen MR) is 65.7 cm³/mol. The van der Waals surface area contributed by atoms with E-state index in [2.05, 4.69) is 11.7 Å². The van der Waals surface area contributed by atoms with Gasteiger partial charge in [-0.25, -0.2) is 0 Å². The minimum atomic E-state index is -1.00. The van der Waals surface area contributed by atoms with Crippen LogP contribution in [0.5, 0.6) is 0 Å². The number of rotatable bonds is 9. The number of nitrogens with two attached hydrogens (primary N) is 1. The Morgan fingerprint density at radius 3 is 2.53 bits per heavy atom. The molecule has 0 aliphatic rings. The number of carbonyl (C=O) groups excluding carboxylic acids is 1. The first-order valence-electron chi connectivity index (χ1n) is 6.00. The Bertz CT molecular complexity index is 219. The van der Waals surface area contributed by atoms with Crippen LogP contribution in [0, 0.1) is 0 Å². The molecule has 0 aliphatic carbocycles. The van der Waals surface area contributed by atoms with Gasteiger partial charge in [0.25, 0.3) is 0 Å². The lowest BCUT2D eigenvalue weighted by molar-refractivity contribution is -0.148. The van der Waals surface area contributed by atoms with Crippen molar-refractivity contribution in [2.24, 2.45) is 5.73 Å². The highest BCUT2D eigenvalue weighted by atomic mass is 16.5. The van der Waals surface area contributed by atoms with Gasteiger partial charge >= 0.3 is 5.97 Å². The standard InChI is InChI=1S/C12H25NO4/c1-5-6-16-7-8-17-10(2)9-12(3,13)11(14)15-4/h10H,5-9,13H2,1-4H3. The molecule has 0 rings (SSSR count). The average molecular weight is 247 g/mol. The van der Waals surface area contributed by atoms with Crippen molar-refractivity contribution >= 4 is 5.97 Å². The van der Waals surface area contributed by atoms with Crippen molar-refractivity contribution in [3.63, 3.8) is 0 Å². The van der Waals surface area contributed by atoms with Crippen molar-refractivity contribution in [1.82, 2.24) is 0 Å². The molecule has 0 fully saturated rings. The largest absolute Gasteiger partial charge is 0.468 e. The van der Waals surface area contributed by atoms with Gasteiger partial charge in [-0.2, -0.15) is 0 Å². The summed E-state index contributed by atoms with van der Waals surface area (Å²) in [5.74, 6) is -0.421. The van der Waals surface area contributed by atoms with E-state index in [0.29, 0.717) is 19.6 Å². The first kappa shape index (κ1) is 16.4. The molecule has 0 aromatic heterocycles. The molecule has 5 heteroatoms. The van der Waals surface area contributed by atoms with Gasteiger partial charge in [0, 0.05) is 13.0 Å². The van der Waals surface area contributed by atoms with E-state index in [1.54, 1.807) is 6.92 Å². The van der Waals surface area contributed by atoms with Crippen molar-refractivity contribution in [3.05, 3.63) is 0 Å². The average Bonchev–Trinajstić information content (AvgIpc) is 2.27. The summed E-state index contributed by atoms with van der Waals surface area (Å²) in [6, 6.07) is 0. The SMILES string of the molecule is CCCOCCOC(C)CC(C)(N)C(=O)OC. The fourth-order valence-corrected chi connectivity index (χ4v) is 1.53. The van der Waals surface area contributed by atoms with E-state index in [4.69, 9.17) is 15.2 Å². The van der Waals surface area contributed by atoms with Crippen LogP contribution in [-0.2, 0) is 19.0 Å². The van der Waals surface area contributed by atoms with Crippen molar-refractivity contribution in [2.75, 3.05) is 26.9 Å². The van der Waals surface area contributed by atoms with E-state index in [1.165, 1.54) is 7.11 Å². The lowest BCUT2D eigenvalue weighted by atomic mass is 9.96. The Kier molecular flexibility index (Phi) is 8.12. The van der Waals surface area contributed by atoms with Gasteiger partial charge in [0.15, 0.2) is 0 Å². The molecule has 0 bridgehead atoms. The summed E-state index contributed by atoms with van der Waals surface area (Å²) in [6.45, 7) is 7.41. The number of hydrogen-bond donors (Lipinski definition) is 1. The number of carbonyl (C=O) groups is 1. The van der Waals surface area contributed by atoms with E-state index in [-0.39, 0.29) is 6.10 Å². The molecular weight excluding hydrogens is 222 g/mol. The van der Waals surface area contributed by atoms with Crippen LogP contribution in [0.25, 0.3) is 0 Å². The lowest BCUT2D eigenvalue weighted by Gasteiger charge is -2.25. The van der Waals surface area contributed by atoms with Crippen LogP contribution in [-0.4, -0.2) is 44.5 Å². The third kappa shape index (κ3) is 7.31. The second-order valence-corrected chi connectivity index (χ2v) is 4.41. The molecule has 2 unspecified atom stereocenters. The summed E-state index contributed by atoms with van der Waals surface area (Å²) >= 11 is 0. The van der Waals surface area contributed by atoms with Crippen LogP contribution in [0.2, 0.25) is 0 Å². The molecule has 0 amide bonds. The Morgan fingerprint density at radius 2 is 2.00 bits per heavy atom. The molecule has 2 N–H and O–H groups in total. The molecule has 0 aromatic rings. The zero-order chi connectivity index (χ0) is 13.3. The molecule has 0 saturated carbocycles. The highest BCUT2D eigenvalue weighted by molar-refractivity contribution is 5.79. The van der Waals surface area contributed by atoms with Crippen molar-refractivity contribution in [2.45, 2.75) is 45.3 Å². The van der Waals surface area contributed by atoms with Gasteiger partial charge in [-0.1, -0.05) is 6.92 Å². The van der Waals surface area contributed by atoms with Gasteiger partial charge in [0.2, 0.25) is 0 Å². The van der Waals surface area contributed by atoms with E-state index in [9.17, 15) is 4.79 Å². The first-order valence-corrected chi connectivity index (χ1v) is 6.00. The summed E-state index contributed by atoms with van der Waals surface area (Å²) in [6.07, 6.45) is 1.32. The van der Waals surface area contributed by atoms with Crippen molar-refractivity contribution in [1.29, 1.82) is 0 Å². The zero-order valence-electron chi connectivity index (χ0n) is 11.3. The minimum absolute atomic E-state index is 0.102. The van der Waals surface area contributed by atoms with Crippen molar-refractivity contribution < 1.29 is 19.0 Å². The van der Waals surface area contributed by atoms with E-state index >= 15 is 0 Å². The van der Waals surface area contributed by atoms with Gasteiger partial charge in [0.1, 0.15) is 5.54 Å². The third-order valence-electron chi connectivity index (χ3n) is 2.34. The van der Waals surface area contributed by atoms with Crippen LogP contribution in [0.3, 0.4) is 0 Å². The van der Waals surface area contributed by atoms with Gasteiger partial charge in [-0.15, -0.1) is 0 Å². The molecule has 0 heterocycles. The second-order valence-electron chi connectivity index (χ2n) is 4.41. The second kappa shape index (κ2) is 8.44. The zero-order valence-corrected chi connectivity index (χ0v) is 11.3. The lowest BCUT2D eigenvalue weighted by Crippen LogP contribution is -2.48. The Balaban J connectivity index is 3.77. The molecule has 17 heavy (non-hydrogen) atoms. The fourth-order valence-electron chi connectivity index (χ4n) is 1.53. The van der Waals surface area contributed by atoms with E-state index in [0.717, 1.165) is 13.0 Å². The molecule has 0 spiro atoms. The summed E-state index contributed by atoms with van der Waals surface area (Å²) < 4.78 is 15.4. The number of ether oxygens (including phenoxy) is 3. The highest BCUT2D eigenvalue weighted by Gasteiger charge is 2.31. The summed E-state index contributed by atoms with van der Waals surface area (Å²) in [5, 5.41) is 0. The van der Waals surface area contributed by atoms with Crippen LogP contribution in [0.1, 0.15) is 33.6 Å². The van der Waals surface area contributed by atoms with E-state index < -0.39 is 11.5 Å². The van der Waals surface area contributed by atoms with Gasteiger partial charge < -0.3 is 19.9 Å². The molecule has 0 saturated heterocycles. The normalized spacial score (nSPS) is 16.3. The van der Waals surface area contributed by atoms with E-state index in [1.807, 2.05) is 6.92 Å². The topological polar surface area (TPSA) is 70.8 Å². The smallest absolute Gasteiger partial charge is 0.325 e. The summed E-state index contributed by atoms with van der Waals surface area (Å²) in [5.41, 5.74) is 4.84. The van der Waals surface area contributed by atoms with Crippen LogP contribution in [0.4, 0.5) is 0 Å². The molecule has 5 nitrogen and oxygen atoms in total. The molecule has 102 valence electrons. The number of methoxy groups -OCH3 is 1.